The summed E-state index contributed by atoms with van der Waals surface area (Å²) >= 11 is 0. The number of hydrogen-bond donors (Lipinski definition) is 1. The number of piperazine rings is 1. The Kier molecular flexibility index (Phi) is 7.67. The minimum absolute atomic E-state index is 0. The highest BCUT2D eigenvalue weighted by molar-refractivity contribution is 5.85. The number of rotatable bonds is 5. The molecule has 1 saturated heterocycles. The minimum Gasteiger partial charge on any atom is -0.337 e. The molecule has 5 nitrogen and oxygen atoms in total. The van der Waals surface area contributed by atoms with Crippen molar-refractivity contribution >= 4 is 18.3 Å². The van der Waals surface area contributed by atoms with Gasteiger partial charge in [-0.25, -0.2) is 0 Å². The van der Waals surface area contributed by atoms with Crippen molar-refractivity contribution in [2.24, 2.45) is 0 Å². The molecule has 1 fully saturated rings. The Labute approximate surface area is 174 Å². The molecule has 28 heavy (non-hydrogen) atoms. The van der Waals surface area contributed by atoms with Crippen LogP contribution in [0.2, 0.25) is 0 Å². The number of carbonyl (C=O) groups is 1. The summed E-state index contributed by atoms with van der Waals surface area (Å²) in [4.78, 5) is 14.8. The highest BCUT2D eigenvalue weighted by Gasteiger charge is 2.28. The van der Waals surface area contributed by atoms with Crippen LogP contribution in [0.15, 0.2) is 24.3 Å². The SMILES string of the molecule is Cc1ccc(Cn2nc(C)c(CCC(=O)N3CCNC(C)C3C)c2C)cc1.Cl. The monoisotopic (exact) mass is 404 g/mol. The van der Waals surface area contributed by atoms with Crippen LogP contribution >= 0.6 is 12.4 Å². The molecule has 1 aromatic heterocycles. The van der Waals surface area contributed by atoms with Gasteiger partial charge < -0.3 is 10.2 Å². The molecule has 0 aliphatic carbocycles. The number of carbonyl (C=O) groups excluding carboxylic acids is 1. The first-order valence-corrected chi connectivity index (χ1v) is 9.98. The van der Waals surface area contributed by atoms with Crippen LogP contribution in [0.4, 0.5) is 0 Å². The van der Waals surface area contributed by atoms with Crippen LogP contribution in [0, 0.1) is 20.8 Å². The molecular weight excluding hydrogens is 372 g/mol. The number of hydrogen-bond acceptors (Lipinski definition) is 3. The fraction of sp³-hybridized carbons (Fsp3) is 0.545. The molecule has 0 bridgehead atoms. The Balaban J connectivity index is 0.00000280. The van der Waals surface area contributed by atoms with Gasteiger partial charge in [0, 0.05) is 37.3 Å². The van der Waals surface area contributed by atoms with Gasteiger partial charge in [0.15, 0.2) is 0 Å². The van der Waals surface area contributed by atoms with Crippen molar-refractivity contribution in [1.82, 2.24) is 20.0 Å². The number of benzene rings is 1. The molecular formula is C22H33ClN4O. The van der Waals surface area contributed by atoms with Gasteiger partial charge in [0.05, 0.1) is 12.2 Å². The lowest BCUT2D eigenvalue weighted by Gasteiger charge is -2.38. The van der Waals surface area contributed by atoms with Crippen LogP contribution in [-0.2, 0) is 17.8 Å². The molecule has 0 spiro atoms. The average molecular weight is 405 g/mol. The van der Waals surface area contributed by atoms with Gasteiger partial charge in [0.1, 0.15) is 0 Å². The predicted octanol–water partition coefficient (Wildman–Crippen LogP) is 3.42. The van der Waals surface area contributed by atoms with Gasteiger partial charge in [-0.15, -0.1) is 12.4 Å². The van der Waals surface area contributed by atoms with E-state index in [9.17, 15) is 4.79 Å². The zero-order valence-corrected chi connectivity index (χ0v) is 18.5. The molecule has 1 aliphatic heterocycles. The molecule has 2 heterocycles. The summed E-state index contributed by atoms with van der Waals surface area (Å²) in [5.74, 6) is 0.251. The van der Waals surface area contributed by atoms with Crippen molar-refractivity contribution < 1.29 is 4.79 Å². The molecule has 1 aliphatic rings. The molecule has 0 radical (unpaired) electrons. The molecule has 1 amide bonds. The molecule has 2 aromatic rings. The summed E-state index contributed by atoms with van der Waals surface area (Å²) in [5, 5.41) is 8.16. The maximum atomic E-state index is 12.8. The molecule has 154 valence electrons. The Morgan fingerprint density at radius 2 is 1.86 bits per heavy atom. The number of amides is 1. The first-order chi connectivity index (χ1) is 12.9. The van der Waals surface area contributed by atoms with Crippen LogP contribution in [0.1, 0.15) is 48.3 Å². The predicted molar refractivity (Wildman–Crippen MR) is 116 cm³/mol. The quantitative estimate of drug-likeness (QED) is 0.830. The van der Waals surface area contributed by atoms with E-state index in [0.717, 1.165) is 31.7 Å². The Hall–Kier alpha value is -1.85. The Morgan fingerprint density at radius 3 is 2.54 bits per heavy atom. The van der Waals surface area contributed by atoms with Gasteiger partial charge in [0.25, 0.3) is 0 Å². The summed E-state index contributed by atoms with van der Waals surface area (Å²) in [6, 6.07) is 9.18. The van der Waals surface area contributed by atoms with Gasteiger partial charge in [0.2, 0.25) is 5.91 Å². The third kappa shape index (κ3) is 4.95. The molecule has 1 N–H and O–H groups in total. The van der Waals surface area contributed by atoms with E-state index in [0.29, 0.717) is 12.5 Å². The topological polar surface area (TPSA) is 50.2 Å². The molecule has 0 saturated carbocycles. The molecule has 3 rings (SSSR count). The van der Waals surface area contributed by atoms with Crippen LogP contribution in [0.5, 0.6) is 0 Å². The van der Waals surface area contributed by atoms with Gasteiger partial charge in [-0.1, -0.05) is 29.8 Å². The maximum Gasteiger partial charge on any atom is 0.223 e. The third-order valence-corrected chi connectivity index (χ3v) is 5.93. The second-order valence-electron chi connectivity index (χ2n) is 7.86. The number of aryl methyl sites for hydroxylation is 2. The van der Waals surface area contributed by atoms with Crippen molar-refractivity contribution in [3.05, 3.63) is 52.3 Å². The zero-order valence-electron chi connectivity index (χ0n) is 17.7. The van der Waals surface area contributed by atoms with E-state index in [-0.39, 0.29) is 24.4 Å². The van der Waals surface area contributed by atoms with E-state index in [1.165, 1.54) is 22.4 Å². The number of nitrogens with zero attached hydrogens (tertiary/aromatic N) is 3. The summed E-state index contributed by atoms with van der Waals surface area (Å²) in [7, 11) is 0. The Bertz CT molecular complexity index is 800. The van der Waals surface area contributed by atoms with Crippen molar-refractivity contribution in [1.29, 1.82) is 0 Å². The summed E-state index contributed by atoms with van der Waals surface area (Å²) in [6.45, 7) is 13.0. The number of halogens is 1. The molecule has 1 aromatic carbocycles. The fourth-order valence-electron chi connectivity index (χ4n) is 3.90. The van der Waals surface area contributed by atoms with Crippen LogP contribution in [-0.4, -0.2) is 45.8 Å². The second-order valence-corrected chi connectivity index (χ2v) is 7.86. The summed E-state index contributed by atoms with van der Waals surface area (Å²) in [6.07, 6.45) is 1.31. The second kappa shape index (κ2) is 9.57. The van der Waals surface area contributed by atoms with Gasteiger partial charge >= 0.3 is 0 Å². The zero-order chi connectivity index (χ0) is 19.6. The normalized spacial score (nSPS) is 19.4. The first-order valence-electron chi connectivity index (χ1n) is 9.98. The van der Waals surface area contributed by atoms with Crippen molar-refractivity contribution in [2.45, 2.75) is 66.1 Å². The van der Waals surface area contributed by atoms with E-state index in [4.69, 9.17) is 5.10 Å². The van der Waals surface area contributed by atoms with Crippen LogP contribution < -0.4 is 5.32 Å². The lowest BCUT2D eigenvalue weighted by atomic mass is 10.0. The van der Waals surface area contributed by atoms with Gasteiger partial charge in [-0.3, -0.25) is 9.48 Å². The lowest BCUT2D eigenvalue weighted by molar-refractivity contribution is -0.134. The van der Waals surface area contributed by atoms with E-state index in [2.05, 4.69) is 62.0 Å². The van der Waals surface area contributed by atoms with Gasteiger partial charge in [-0.05, 0) is 52.2 Å². The minimum atomic E-state index is 0. The Morgan fingerprint density at radius 1 is 1.18 bits per heavy atom. The van der Waals surface area contributed by atoms with Crippen molar-refractivity contribution in [3.63, 3.8) is 0 Å². The molecule has 6 heteroatoms. The lowest BCUT2D eigenvalue weighted by Crippen LogP contribution is -2.57. The van der Waals surface area contributed by atoms with E-state index in [1.54, 1.807) is 0 Å². The standard InChI is InChI=1S/C22H32N4O.ClH/c1-15-6-8-20(9-7-15)14-26-19(5)21(17(3)24-26)10-11-22(27)25-13-12-23-16(2)18(25)4;/h6-9,16,18,23H,10-14H2,1-5H3;1H. The first kappa shape index (κ1) is 22.4. The van der Waals surface area contributed by atoms with Gasteiger partial charge in [-0.2, -0.15) is 5.10 Å². The summed E-state index contributed by atoms with van der Waals surface area (Å²) < 4.78 is 2.06. The summed E-state index contributed by atoms with van der Waals surface area (Å²) in [5.41, 5.74) is 5.93. The maximum absolute atomic E-state index is 12.8. The van der Waals surface area contributed by atoms with E-state index in [1.807, 2.05) is 11.8 Å². The highest BCUT2D eigenvalue weighted by atomic mass is 35.5. The molecule has 2 atom stereocenters. The van der Waals surface area contributed by atoms with Crippen LogP contribution in [0.25, 0.3) is 0 Å². The van der Waals surface area contributed by atoms with Crippen molar-refractivity contribution in [3.8, 4) is 0 Å². The smallest absolute Gasteiger partial charge is 0.223 e. The highest BCUT2D eigenvalue weighted by Crippen LogP contribution is 2.19. The van der Waals surface area contributed by atoms with Crippen molar-refractivity contribution in [2.75, 3.05) is 13.1 Å². The number of nitrogens with one attached hydrogen (secondary N) is 1. The largest absolute Gasteiger partial charge is 0.337 e. The van der Waals surface area contributed by atoms with Crippen LogP contribution in [0.3, 0.4) is 0 Å². The third-order valence-electron chi connectivity index (χ3n) is 5.93. The van der Waals surface area contributed by atoms with E-state index < -0.39 is 0 Å². The average Bonchev–Trinajstić information content (AvgIpc) is 2.90. The van der Waals surface area contributed by atoms with E-state index >= 15 is 0 Å². The molecule has 2 unspecified atom stereocenters. The number of aromatic nitrogens is 2. The fourth-order valence-corrected chi connectivity index (χ4v) is 3.90.